The summed E-state index contributed by atoms with van der Waals surface area (Å²) in [5, 5.41) is 13.1. The molecule has 0 aliphatic rings. The number of nitrogens with zero attached hydrogens (tertiary/aromatic N) is 5. The molecule has 178 valence electrons. The van der Waals surface area contributed by atoms with Crippen molar-refractivity contribution >= 4 is 10.0 Å². The van der Waals surface area contributed by atoms with Crippen molar-refractivity contribution in [3.8, 4) is 28.7 Å². The molecular formula is C20H17F3N6O4S. The molecule has 4 rings (SSSR count). The maximum absolute atomic E-state index is 12.7. The second kappa shape index (κ2) is 8.87. The highest BCUT2D eigenvalue weighted by atomic mass is 32.2. The van der Waals surface area contributed by atoms with Crippen molar-refractivity contribution in [2.75, 3.05) is 0 Å². The van der Waals surface area contributed by atoms with Gasteiger partial charge in [-0.1, -0.05) is 29.4 Å². The average Bonchev–Trinajstić information content (AvgIpc) is 3.38. The highest BCUT2D eigenvalue weighted by Gasteiger charge is 2.30. The minimum absolute atomic E-state index is 0.00551. The van der Waals surface area contributed by atoms with Gasteiger partial charge in [0.15, 0.2) is 0 Å². The van der Waals surface area contributed by atoms with Crippen molar-refractivity contribution in [1.82, 2.24) is 24.9 Å². The fraction of sp³-hybridized carbons (Fsp3) is 0.200. The largest absolute Gasteiger partial charge is 0.471 e. The molecule has 0 aliphatic heterocycles. The summed E-state index contributed by atoms with van der Waals surface area (Å²) in [5.74, 6) is 0.122. The van der Waals surface area contributed by atoms with Gasteiger partial charge in [0.05, 0.1) is 28.8 Å². The van der Waals surface area contributed by atoms with E-state index in [0.29, 0.717) is 28.6 Å². The summed E-state index contributed by atoms with van der Waals surface area (Å²) in [6.45, 7) is -0.0653. The molecule has 0 amide bonds. The van der Waals surface area contributed by atoms with Crippen LogP contribution in [0.5, 0.6) is 5.88 Å². The predicted octanol–water partition coefficient (Wildman–Crippen LogP) is 2.92. The second-order valence-corrected chi connectivity index (χ2v) is 8.84. The molecular weight excluding hydrogens is 477 g/mol. The molecule has 1 aromatic carbocycles. The number of primary sulfonamides is 1. The number of nitrogens with two attached hydrogens (primary N) is 1. The van der Waals surface area contributed by atoms with Crippen LogP contribution >= 0.6 is 0 Å². The Morgan fingerprint density at radius 1 is 1.12 bits per heavy atom. The Labute approximate surface area is 191 Å². The number of alkyl halides is 3. The van der Waals surface area contributed by atoms with E-state index in [-0.39, 0.29) is 30.0 Å². The summed E-state index contributed by atoms with van der Waals surface area (Å²) in [7, 11) is -1.99. The summed E-state index contributed by atoms with van der Waals surface area (Å²) in [4.78, 5) is 8.03. The monoisotopic (exact) mass is 494 g/mol. The fourth-order valence-corrected chi connectivity index (χ4v) is 3.68. The molecule has 3 heterocycles. The third-order valence-electron chi connectivity index (χ3n) is 4.72. The molecule has 0 bridgehead atoms. The molecule has 4 aromatic rings. The molecule has 0 radical (unpaired) electrons. The predicted molar refractivity (Wildman–Crippen MR) is 112 cm³/mol. The molecule has 0 saturated carbocycles. The number of aromatic nitrogens is 5. The lowest BCUT2D eigenvalue weighted by molar-refractivity contribution is -0.137. The third-order valence-corrected chi connectivity index (χ3v) is 5.45. The van der Waals surface area contributed by atoms with Crippen molar-refractivity contribution in [1.29, 1.82) is 0 Å². The highest BCUT2D eigenvalue weighted by molar-refractivity contribution is 7.88. The number of sulfonamides is 1. The minimum atomic E-state index is -4.49. The van der Waals surface area contributed by atoms with Crippen LogP contribution in [0.25, 0.3) is 22.8 Å². The van der Waals surface area contributed by atoms with Crippen molar-refractivity contribution in [2.24, 2.45) is 12.2 Å². The van der Waals surface area contributed by atoms with E-state index < -0.39 is 21.8 Å². The van der Waals surface area contributed by atoms with Crippen molar-refractivity contribution in [2.45, 2.75) is 18.5 Å². The first kappa shape index (κ1) is 23.4. The highest BCUT2D eigenvalue weighted by Crippen LogP contribution is 2.30. The van der Waals surface area contributed by atoms with Gasteiger partial charge < -0.3 is 9.26 Å². The fourth-order valence-electron chi connectivity index (χ4n) is 3.02. The van der Waals surface area contributed by atoms with E-state index in [1.165, 1.54) is 10.9 Å². The number of hydrogen-bond donors (Lipinski definition) is 1. The van der Waals surface area contributed by atoms with Gasteiger partial charge >= 0.3 is 6.18 Å². The van der Waals surface area contributed by atoms with Gasteiger partial charge in [-0.2, -0.15) is 23.3 Å². The lowest BCUT2D eigenvalue weighted by atomic mass is 10.1. The van der Waals surface area contributed by atoms with Crippen LogP contribution in [0.1, 0.15) is 16.8 Å². The van der Waals surface area contributed by atoms with Gasteiger partial charge in [-0.3, -0.25) is 4.68 Å². The zero-order valence-corrected chi connectivity index (χ0v) is 18.3. The summed E-state index contributed by atoms with van der Waals surface area (Å²) in [5.41, 5.74) is 1.22. The van der Waals surface area contributed by atoms with Gasteiger partial charge in [0.1, 0.15) is 6.61 Å². The number of ether oxygens (including phenoxy) is 1. The van der Waals surface area contributed by atoms with Crippen LogP contribution < -0.4 is 9.88 Å². The lowest BCUT2D eigenvalue weighted by Crippen LogP contribution is -2.14. The molecule has 0 aliphatic carbocycles. The van der Waals surface area contributed by atoms with Crippen molar-refractivity contribution in [3.05, 3.63) is 65.6 Å². The van der Waals surface area contributed by atoms with Gasteiger partial charge in [0.2, 0.25) is 21.7 Å². The van der Waals surface area contributed by atoms with E-state index in [0.717, 1.165) is 12.1 Å². The third kappa shape index (κ3) is 5.40. The van der Waals surface area contributed by atoms with Crippen LogP contribution in [0.3, 0.4) is 0 Å². The molecule has 0 saturated heterocycles. The maximum Gasteiger partial charge on any atom is 0.417 e. The average molecular weight is 494 g/mol. The van der Waals surface area contributed by atoms with Crippen LogP contribution in [0, 0.1) is 0 Å². The van der Waals surface area contributed by atoms with E-state index in [4.69, 9.17) is 14.4 Å². The van der Waals surface area contributed by atoms with Crippen molar-refractivity contribution < 1.29 is 30.8 Å². The number of benzene rings is 1. The molecule has 0 fully saturated rings. The Balaban J connectivity index is 1.50. The summed E-state index contributed by atoms with van der Waals surface area (Å²) >= 11 is 0. The van der Waals surface area contributed by atoms with Gasteiger partial charge in [-0.15, -0.1) is 0 Å². The number of pyridine rings is 1. The number of halogens is 3. The number of aryl methyl sites for hydroxylation is 1. The normalized spacial score (nSPS) is 12.1. The molecule has 0 unspecified atom stereocenters. The smallest absolute Gasteiger partial charge is 0.417 e. The van der Waals surface area contributed by atoms with Gasteiger partial charge in [-0.25, -0.2) is 18.5 Å². The topological polar surface area (TPSA) is 139 Å². The number of rotatable bonds is 7. The van der Waals surface area contributed by atoms with Crippen LogP contribution in [0.2, 0.25) is 0 Å². The summed E-state index contributed by atoms with van der Waals surface area (Å²) in [6.07, 6.45) is -2.30. The molecule has 34 heavy (non-hydrogen) atoms. The van der Waals surface area contributed by atoms with Crippen LogP contribution in [-0.2, 0) is 35.6 Å². The van der Waals surface area contributed by atoms with Crippen LogP contribution in [0.15, 0.2) is 53.3 Å². The Bertz CT molecular complexity index is 1400. The van der Waals surface area contributed by atoms with Crippen molar-refractivity contribution in [3.63, 3.8) is 0 Å². The Hall–Kier alpha value is -3.78. The van der Waals surface area contributed by atoms with Crippen LogP contribution in [0.4, 0.5) is 13.2 Å². The SMILES string of the molecule is Cn1ncc(-c2nc(-c3ccc(CS(N)(=O)=O)cc3)no2)c1COc1ccc(C(F)(F)F)cn1. The second-order valence-electron chi connectivity index (χ2n) is 7.23. The standard InChI is InChI=1S/C20H17F3N6O4S/c1-29-16(10-32-17-7-6-14(8-25-17)20(21,22)23)15(9-26-29)19-27-18(28-33-19)13-4-2-12(3-5-13)11-34(24,30)31/h2-9H,10-11H2,1H3,(H2,24,30,31). The van der Waals surface area contributed by atoms with E-state index >= 15 is 0 Å². The van der Waals surface area contributed by atoms with E-state index in [2.05, 4.69) is 20.2 Å². The van der Waals surface area contributed by atoms with E-state index in [1.807, 2.05) is 0 Å². The van der Waals surface area contributed by atoms with Gasteiger partial charge in [0, 0.05) is 24.9 Å². The Morgan fingerprint density at radius 3 is 2.47 bits per heavy atom. The molecule has 2 N–H and O–H groups in total. The summed E-state index contributed by atoms with van der Waals surface area (Å²) in [6, 6.07) is 8.47. The van der Waals surface area contributed by atoms with Gasteiger partial charge in [0.25, 0.3) is 5.89 Å². The first-order valence-electron chi connectivity index (χ1n) is 9.60. The first-order valence-corrected chi connectivity index (χ1v) is 11.3. The molecule has 0 spiro atoms. The first-order chi connectivity index (χ1) is 16.0. The Morgan fingerprint density at radius 2 is 1.85 bits per heavy atom. The quantitative estimate of drug-likeness (QED) is 0.414. The van der Waals surface area contributed by atoms with E-state index in [1.54, 1.807) is 31.3 Å². The zero-order valence-electron chi connectivity index (χ0n) is 17.5. The van der Waals surface area contributed by atoms with Crippen LogP contribution in [-0.4, -0.2) is 33.3 Å². The summed E-state index contributed by atoms with van der Waals surface area (Å²) < 4.78 is 72.9. The Kier molecular flexibility index (Phi) is 6.10. The molecule has 0 atom stereocenters. The lowest BCUT2D eigenvalue weighted by Gasteiger charge is -2.09. The zero-order chi connectivity index (χ0) is 24.5. The molecule has 3 aromatic heterocycles. The molecule has 10 nitrogen and oxygen atoms in total. The number of hydrogen-bond acceptors (Lipinski definition) is 8. The minimum Gasteiger partial charge on any atom is -0.471 e. The van der Waals surface area contributed by atoms with Gasteiger partial charge in [-0.05, 0) is 11.6 Å². The maximum atomic E-state index is 12.7. The van der Waals surface area contributed by atoms with E-state index in [9.17, 15) is 21.6 Å². The molecule has 14 heteroatoms.